The lowest BCUT2D eigenvalue weighted by atomic mass is 9.85. The van der Waals surface area contributed by atoms with Gasteiger partial charge in [-0.15, -0.1) is 0 Å². The molecule has 1 aliphatic rings. The first-order valence-electron chi connectivity index (χ1n) is 10.6. The van der Waals surface area contributed by atoms with E-state index >= 15 is 0 Å². The molecule has 4 nitrogen and oxygen atoms in total. The number of carboxylic acids is 1. The van der Waals surface area contributed by atoms with Crippen molar-refractivity contribution < 1.29 is 19.4 Å². The molecule has 0 aliphatic carbocycles. The highest BCUT2D eigenvalue weighted by Gasteiger charge is 2.33. The molecular formula is C27H27ClO4. The van der Waals surface area contributed by atoms with Crippen LogP contribution in [-0.4, -0.2) is 16.7 Å². The van der Waals surface area contributed by atoms with E-state index in [0.29, 0.717) is 17.4 Å². The molecule has 0 bridgehead atoms. The first-order chi connectivity index (χ1) is 15.1. The number of carboxylic acid groups (broad SMARTS) is 1. The first kappa shape index (κ1) is 22.2. The van der Waals surface area contributed by atoms with Crippen LogP contribution in [0, 0.1) is 0 Å². The summed E-state index contributed by atoms with van der Waals surface area (Å²) < 4.78 is 12.3. The fourth-order valence-electron chi connectivity index (χ4n) is 4.00. The predicted molar refractivity (Wildman–Crippen MR) is 127 cm³/mol. The molecular weight excluding hydrogens is 424 g/mol. The topological polar surface area (TPSA) is 55.8 Å². The van der Waals surface area contributed by atoms with Gasteiger partial charge in [-0.2, -0.15) is 0 Å². The Morgan fingerprint density at radius 1 is 1.12 bits per heavy atom. The molecule has 0 saturated carbocycles. The predicted octanol–water partition coefficient (Wildman–Crippen LogP) is 6.66. The number of carbonyl (C=O) groups is 1. The van der Waals surface area contributed by atoms with E-state index in [-0.39, 0.29) is 5.60 Å². The van der Waals surface area contributed by atoms with Gasteiger partial charge in [-0.25, -0.2) is 0 Å². The van der Waals surface area contributed by atoms with Gasteiger partial charge in [0.05, 0.1) is 5.41 Å². The number of hydrogen-bond acceptors (Lipinski definition) is 3. The summed E-state index contributed by atoms with van der Waals surface area (Å²) in [5, 5.41) is 10.1. The Labute approximate surface area is 193 Å². The number of halogens is 1. The lowest BCUT2D eigenvalue weighted by Crippen LogP contribution is -2.28. The maximum atomic E-state index is 11.5. The Morgan fingerprint density at radius 2 is 1.81 bits per heavy atom. The molecule has 1 N–H and O–H groups in total. The van der Waals surface area contributed by atoms with Crippen LogP contribution in [0.25, 0.3) is 11.1 Å². The minimum atomic E-state index is -0.956. The van der Waals surface area contributed by atoms with Crippen molar-refractivity contribution in [2.45, 2.75) is 51.7 Å². The van der Waals surface area contributed by atoms with Crippen molar-refractivity contribution in [1.82, 2.24) is 0 Å². The molecule has 1 heterocycles. The van der Waals surface area contributed by atoms with Gasteiger partial charge < -0.3 is 14.6 Å². The molecule has 0 atom stereocenters. The summed E-state index contributed by atoms with van der Waals surface area (Å²) in [7, 11) is 0. The summed E-state index contributed by atoms with van der Waals surface area (Å²) in [6.07, 6.45) is 0.812. The maximum absolute atomic E-state index is 11.5. The van der Waals surface area contributed by atoms with E-state index in [2.05, 4.69) is 26.0 Å². The highest BCUT2D eigenvalue weighted by atomic mass is 35.5. The van der Waals surface area contributed by atoms with Crippen molar-refractivity contribution in [3.05, 3.63) is 82.4 Å². The second-order valence-electron chi connectivity index (χ2n) is 9.39. The summed E-state index contributed by atoms with van der Waals surface area (Å²) in [5.74, 6) is 0.677. The third kappa shape index (κ3) is 4.33. The fourth-order valence-corrected chi connectivity index (χ4v) is 4.24. The van der Waals surface area contributed by atoms with Crippen LogP contribution in [0.4, 0.5) is 0 Å². The van der Waals surface area contributed by atoms with Crippen molar-refractivity contribution in [3.8, 4) is 22.6 Å². The van der Waals surface area contributed by atoms with E-state index in [9.17, 15) is 9.90 Å². The van der Waals surface area contributed by atoms with Crippen LogP contribution in [-0.2, 0) is 23.2 Å². The van der Waals surface area contributed by atoms with Gasteiger partial charge in [0.25, 0.3) is 0 Å². The largest absolute Gasteiger partial charge is 0.489 e. The third-order valence-corrected chi connectivity index (χ3v) is 6.26. The molecule has 3 aromatic rings. The van der Waals surface area contributed by atoms with Crippen molar-refractivity contribution >= 4 is 17.6 Å². The van der Waals surface area contributed by atoms with Gasteiger partial charge in [-0.1, -0.05) is 41.9 Å². The quantitative estimate of drug-likeness (QED) is 0.456. The fraction of sp³-hybridized carbons (Fsp3) is 0.296. The first-order valence-corrected chi connectivity index (χ1v) is 11.0. The molecule has 0 unspecified atom stereocenters. The lowest BCUT2D eigenvalue weighted by molar-refractivity contribution is -0.142. The van der Waals surface area contributed by atoms with Gasteiger partial charge in [0.2, 0.25) is 0 Å². The molecule has 0 spiro atoms. The van der Waals surface area contributed by atoms with E-state index in [0.717, 1.165) is 40.0 Å². The zero-order chi connectivity index (χ0) is 23.1. The van der Waals surface area contributed by atoms with Crippen molar-refractivity contribution in [2.75, 3.05) is 0 Å². The van der Waals surface area contributed by atoms with E-state index in [1.807, 2.05) is 36.4 Å². The molecule has 1 aliphatic heterocycles. The zero-order valence-electron chi connectivity index (χ0n) is 18.7. The number of aliphatic carboxylic acids is 1. The number of hydrogen-bond donors (Lipinski definition) is 1. The Kier molecular flexibility index (Phi) is 5.68. The smallest absolute Gasteiger partial charge is 0.313 e. The van der Waals surface area contributed by atoms with Gasteiger partial charge >= 0.3 is 5.97 Å². The minimum Gasteiger partial charge on any atom is -0.489 e. The zero-order valence-corrected chi connectivity index (χ0v) is 19.5. The highest BCUT2D eigenvalue weighted by molar-refractivity contribution is 6.33. The van der Waals surface area contributed by atoms with Crippen molar-refractivity contribution in [3.63, 3.8) is 0 Å². The monoisotopic (exact) mass is 450 g/mol. The number of fused-ring (bicyclic) bond motifs is 1. The van der Waals surface area contributed by atoms with Crippen LogP contribution < -0.4 is 9.47 Å². The van der Waals surface area contributed by atoms with Crippen LogP contribution >= 0.6 is 11.6 Å². The molecule has 3 aromatic carbocycles. The molecule has 0 saturated heterocycles. The Balaban J connectivity index is 1.63. The van der Waals surface area contributed by atoms with Gasteiger partial charge in [-0.3, -0.25) is 4.79 Å². The second kappa shape index (κ2) is 8.18. The van der Waals surface area contributed by atoms with Gasteiger partial charge in [0.1, 0.15) is 23.7 Å². The van der Waals surface area contributed by atoms with E-state index in [4.69, 9.17) is 21.1 Å². The highest BCUT2D eigenvalue weighted by Crippen LogP contribution is 2.42. The molecule has 0 amide bonds. The number of ether oxygens (including phenoxy) is 2. The lowest BCUT2D eigenvalue weighted by Gasteiger charge is -2.20. The summed E-state index contributed by atoms with van der Waals surface area (Å²) in [6.45, 7) is 7.87. The number of rotatable bonds is 6. The minimum absolute atomic E-state index is 0.278. The van der Waals surface area contributed by atoms with Crippen molar-refractivity contribution in [1.29, 1.82) is 0 Å². The van der Waals surface area contributed by atoms with E-state index in [1.54, 1.807) is 26.0 Å². The average Bonchev–Trinajstić information content (AvgIpc) is 3.06. The number of benzene rings is 3. The second-order valence-corrected chi connectivity index (χ2v) is 9.79. The SMILES string of the molecule is CC1(C)Cc2cc(-c3ccccc3Cl)cc(COc3ccc(C(C)(C)C(=O)O)cc3)c2O1. The van der Waals surface area contributed by atoms with Crippen LogP contribution in [0.3, 0.4) is 0 Å². The van der Waals surface area contributed by atoms with Crippen LogP contribution in [0.15, 0.2) is 60.7 Å². The molecule has 0 fully saturated rings. The molecule has 0 radical (unpaired) electrons. The summed E-state index contributed by atoms with van der Waals surface area (Å²) in [4.78, 5) is 11.5. The average molecular weight is 451 g/mol. The van der Waals surface area contributed by atoms with Gasteiger partial charge in [0.15, 0.2) is 0 Å². The Bertz CT molecular complexity index is 1160. The summed E-state index contributed by atoms with van der Waals surface area (Å²) in [5.41, 5.74) is 3.60. The van der Waals surface area contributed by atoms with Crippen molar-refractivity contribution in [2.24, 2.45) is 0 Å². The Morgan fingerprint density at radius 3 is 2.47 bits per heavy atom. The van der Waals surface area contributed by atoms with Crippen LogP contribution in [0.1, 0.15) is 44.4 Å². The van der Waals surface area contributed by atoms with E-state index < -0.39 is 11.4 Å². The normalized spacial score (nSPS) is 14.5. The third-order valence-electron chi connectivity index (χ3n) is 5.93. The maximum Gasteiger partial charge on any atom is 0.313 e. The molecule has 0 aromatic heterocycles. The van der Waals surface area contributed by atoms with Crippen LogP contribution in [0.5, 0.6) is 11.5 Å². The van der Waals surface area contributed by atoms with Crippen LogP contribution in [0.2, 0.25) is 5.02 Å². The van der Waals surface area contributed by atoms with Gasteiger partial charge in [0, 0.05) is 22.6 Å². The molecule has 5 heteroatoms. The van der Waals surface area contributed by atoms with E-state index in [1.165, 1.54) is 0 Å². The molecule has 166 valence electrons. The molecule has 32 heavy (non-hydrogen) atoms. The Hall–Kier alpha value is -2.98. The summed E-state index contributed by atoms with van der Waals surface area (Å²) >= 11 is 6.46. The standard InChI is InChI=1S/C27H27ClO4/c1-26(2)15-18-13-17(22-7-5-6-8-23(22)28)14-19(24(18)32-26)16-31-21-11-9-20(10-12-21)27(3,4)25(29)30/h5-14H,15-16H2,1-4H3,(H,29,30). The van der Waals surface area contributed by atoms with Gasteiger partial charge in [-0.05, 0) is 74.7 Å². The summed E-state index contributed by atoms with van der Waals surface area (Å²) in [6, 6.07) is 19.2. The molecule has 4 rings (SSSR count).